The Morgan fingerprint density at radius 1 is 1.08 bits per heavy atom. The zero-order valence-electron chi connectivity index (χ0n) is 30.5. The molecule has 2 heterocycles. The summed E-state index contributed by atoms with van der Waals surface area (Å²) in [5.41, 5.74) is 0.771. The fourth-order valence-corrected chi connectivity index (χ4v) is 7.24. The van der Waals surface area contributed by atoms with E-state index in [-0.39, 0.29) is 48.2 Å². The summed E-state index contributed by atoms with van der Waals surface area (Å²) in [7, 11) is 1.94. The largest absolute Gasteiger partial charge is 0.480 e. The number of likely N-dealkylation sites (N-methyl/N-ethyl adjacent to an activating group) is 1. The summed E-state index contributed by atoms with van der Waals surface area (Å²) in [5, 5.41) is 17.3. The first-order chi connectivity index (χ1) is 23.8. The SMILES string of the molecule is CCCN(C(=O)[C@@H](NC(=O)[C@H]1CCCCN1C)[C@@H](C)CC)[C@H](C[C@@H](OC(C)=O)c1nc(C(=O)N[C@@H](Cc2ccccc2)C(=O)O)cs1)C(C)C. The number of ether oxygens (including phenoxy) is 1. The molecule has 276 valence electrons. The lowest BCUT2D eigenvalue weighted by atomic mass is 9.92. The first-order valence-corrected chi connectivity index (χ1v) is 18.7. The number of carboxylic acids is 1. The van der Waals surface area contributed by atoms with Crippen LogP contribution in [0.25, 0.3) is 0 Å². The number of likely N-dealkylation sites (tertiary alicyclic amines) is 1. The highest BCUT2D eigenvalue weighted by Gasteiger charge is 2.38. The van der Waals surface area contributed by atoms with E-state index in [9.17, 15) is 29.1 Å². The monoisotopic (exact) mass is 713 g/mol. The lowest BCUT2D eigenvalue weighted by Gasteiger charge is -2.40. The maximum atomic E-state index is 14.5. The lowest BCUT2D eigenvalue weighted by molar-refractivity contribution is -0.149. The molecule has 12 nitrogen and oxygen atoms in total. The van der Waals surface area contributed by atoms with Gasteiger partial charge in [0.15, 0.2) is 6.10 Å². The molecule has 1 fully saturated rings. The third-order valence-electron chi connectivity index (χ3n) is 9.45. The summed E-state index contributed by atoms with van der Waals surface area (Å²) < 4.78 is 5.77. The topological polar surface area (TPSA) is 158 Å². The molecule has 1 aliphatic rings. The number of carbonyl (C=O) groups is 5. The molecule has 0 aliphatic carbocycles. The van der Waals surface area contributed by atoms with Gasteiger partial charge in [0.25, 0.3) is 5.91 Å². The Balaban J connectivity index is 1.86. The summed E-state index contributed by atoms with van der Waals surface area (Å²) in [6, 6.07) is 6.44. The molecular weight excluding hydrogens is 659 g/mol. The molecule has 0 unspecified atom stereocenters. The minimum atomic E-state index is -1.17. The second-order valence-electron chi connectivity index (χ2n) is 13.7. The Labute approximate surface area is 300 Å². The molecule has 1 aromatic heterocycles. The standard InChI is InChI=1S/C37H55N5O7S/c1-8-18-42(36(46)32(24(5)9-2)40-34(45)29-17-13-14-19-41(29)7)30(23(3)4)21-31(49-25(6)43)35-39-28(22-50-35)33(44)38-27(37(47)48)20-26-15-11-10-12-16-26/h10-12,15-16,22-24,27,29-32H,8-9,13-14,17-21H2,1-7H3,(H,38,44)(H,40,45)(H,47,48)/t24-,27-,29+,30+,31+,32-/m0/s1. The fourth-order valence-electron chi connectivity index (χ4n) is 6.40. The van der Waals surface area contributed by atoms with Gasteiger partial charge in [0.05, 0.1) is 6.04 Å². The van der Waals surface area contributed by atoms with Gasteiger partial charge in [-0.15, -0.1) is 11.3 Å². The summed E-state index contributed by atoms with van der Waals surface area (Å²) >= 11 is 1.13. The molecule has 0 spiro atoms. The van der Waals surface area contributed by atoms with Crippen molar-refractivity contribution < 1.29 is 33.8 Å². The quantitative estimate of drug-likeness (QED) is 0.184. The maximum Gasteiger partial charge on any atom is 0.326 e. The number of thiazole rings is 1. The van der Waals surface area contributed by atoms with Crippen molar-refractivity contribution in [3.63, 3.8) is 0 Å². The number of hydrogen-bond donors (Lipinski definition) is 3. The minimum Gasteiger partial charge on any atom is -0.480 e. The number of carboxylic acid groups (broad SMARTS) is 1. The highest BCUT2D eigenvalue weighted by Crippen LogP contribution is 2.32. The van der Waals surface area contributed by atoms with Crippen LogP contribution >= 0.6 is 11.3 Å². The van der Waals surface area contributed by atoms with Crippen molar-refractivity contribution in [3.8, 4) is 0 Å². The van der Waals surface area contributed by atoms with E-state index >= 15 is 0 Å². The number of aromatic nitrogens is 1. The van der Waals surface area contributed by atoms with Gasteiger partial charge in [0.1, 0.15) is 22.8 Å². The number of nitrogens with one attached hydrogen (secondary N) is 2. The number of piperidine rings is 1. The summed E-state index contributed by atoms with van der Waals surface area (Å²) in [5.74, 6) is -2.85. The molecular formula is C37H55N5O7S. The first-order valence-electron chi connectivity index (χ1n) is 17.8. The van der Waals surface area contributed by atoms with Gasteiger partial charge in [-0.1, -0.05) is 77.8 Å². The van der Waals surface area contributed by atoms with Crippen LogP contribution in [0.2, 0.25) is 0 Å². The molecule has 3 rings (SSSR count). The molecule has 6 atom stereocenters. The molecule has 13 heteroatoms. The first kappa shape index (κ1) is 40.6. The number of carbonyl (C=O) groups excluding carboxylic acids is 4. The van der Waals surface area contributed by atoms with Crippen LogP contribution in [0, 0.1) is 11.8 Å². The number of hydrogen-bond acceptors (Lipinski definition) is 9. The van der Waals surface area contributed by atoms with Crippen LogP contribution in [0.15, 0.2) is 35.7 Å². The van der Waals surface area contributed by atoms with Crippen LogP contribution in [0.4, 0.5) is 0 Å². The summed E-state index contributed by atoms with van der Waals surface area (Å²) in [6.45, 7) is 12.5. The number of aliphatic carboxylic acids is 1. The van der Waals surface area contributed by atoms with Crippen molar-refractivity contribution in [1.82, 2.24) is 25.4 Å². The molecule has 2 aromatic rings. The Hall–Kier alpha value is -3.84. The molecule has 0 radical (unpaired) electrons. The van der Waals surface area contributed by atoms with Crippen LogP contribution in [-0.4, -0.2) is 93.9 Å². The smallest absolute Gasteiger partial charge is 0.326 e. The van der Waals surface area contributed by atoms with E-state index < -0.39 is 42.1 Å². The molecule has 3 N–H and O–H groups in total. The third-order valence-corrected chi connectivity index (χ3v) is 10.4. The van der Waals surface area contributed by atoms with Crippen molar-refractivity contribution >= 4 is 41.0 Å². The van der Waals surface area contributed by atoms with Crippen molar-refractivity contribution in [2.24, 2.45) is 11.8 Å². The van der Waals surface area contributed by atoms with Gasteiger partial charge in [0.2, 0.25) is 11.8 Å². The van der Waals surface area contributed by atoms with E-state index in [1.54, 1.807) is 24.3 Å². The van der Waals surface area contributed by atoms with Gasteiger partial charge in [-0.3, -0.25) is 24.1 Å². The van der Waals surface area contributed by atoms with Crippen LogP contribution < -0.4 is 10.6 Å². The second-order valence-corrected chi connectivity index (χ2v) is 14.6. The maximum absolute atomic E-state index is 14.5. The van der Waals surface area contributed by atoms with E-state index in [1.165, 1.54) is 12.3 Å². The lowest BCUT2D eigenvalue weighted by Crippen LogP contribution is -2.58. The molecule has 1 aromatic carbocycles. The predicted octanol–water partition coefficient (Wildman–Crippen LogP) is 4.84. The van der Waals surface area contributed by atoms with Gasteiger partial charge < -0.3 is 25.4 Å². The van der Waals surface area contributed by atoms with Gasteiger partial charge in [-0.25, -0.2) is 9.78 Å². The number of rotatable bonds is 18. The normalized spacial score (nSPS) is 18.0. The molecule has 1 aliphatic heterocycles. The Bertz CT molecular complexity index is 1430. The average molecular weight is 714 g/mol. The van der Waals surface area contributed by atoms with Gasteiger partial charge in [0, 0.05) is 37.7 Å². The average Bonchev–Trinajstić information content (AvgIpc) is 3.58. The van der Waals surface area contributed by atoms with Gasteiger partial charge in [-0.05, 0) is 50.3 Å². The van der Waals surface area contributed by atoms with E-state index in [4.69, 9.17) is 4.74 Å². The molecule has 1 saturated heterocycles. The van der Waals surface area contributed by atoms with Crippen LogP contribution in [0.3, 0.4) is 0 Å². The van der Waals surface area contributed by atoms with E-state index in [0.717, 1.165) is 42.7 Å². The van der Waals surface area contributed by atoms with E-state index in [2.05, 4.69) is 20.5 Å². The third kappa shape index (κ3) is 11.3. The summed E-state index contributed by atoms with van der Waals surface area (Å²) in [6.07, 6.45) is 3.57. The minimum absolute atomic E-state index is 0.0104. The predicted molar refractivity (Wildman–Crippen MR) is 193 cm³/mol. The zero-order chi connectivity index (χ0) is 37.0. The van der Waals surface area contributed by atoms with Gasteiger partial charge in [-0.2, -0.15) is 0 Å². The number of nitrogens with zero attached hydrogens (tertiary/aromatic N) is 3. The zero-order valence-corrected chi connectivity index (χ0v) is 31.3. The highest BCUT2D eigenvalue weighted by molar-refractivity contribution is 7.09. The number of esters is 1. The number of benzene rings is 1. The molecule has 3 amide bonds. The Morgan fingerprint density at radius 3 is 2.36 bits per heavy atom. The van der Waals surface area contributed by atoms with Crippen molar-refractivity contribution in [2.45, 2.75) is 117 Å². The highest BCUT2D eigenvalue weighted by atomic mass is 32.1. The van der Waals surface area contributed by atoms with Crippen LogP contribution in [0.1, 0.15) is 107 Å². The van der Waals surface area contributed by atoms with E-state index in [1.807, 2.05) is 52.6 Å². The summed E-state index contributed by atoms with van der Waals surface area (Å²) in [4.78, 5) is 73.9. The fraction of sp³-hybridized carbons (Fsp3) is 0.622. The van der Waals surface area contributed by atoms with Crippen molar-refractivity contribution in [1.29, 1.82) is 0 Å². The molecule has 0 bridgehead atoms. The Morgan fingerprint density at radius 2 is 1.78 bits per heavy atom. The van der Waals surface area contributed by atoms with Crippen LogP contribution in [-0.2, 0) is 30.3 Å². The molecule has 50 heavy (non-hydrogen) atoms. The Kier molecular flexibility index (Phi) is 15.8. The second kappa shape index (κ2) is 19.5. The number of amides is 3. The van der Waals surface area contributed by atoms with Crippen molar-refractivity contribution in [3.05, 3.63) is 52.0 Å². The van der Waals surface area contributed by atoms with Crippen LogP contribution in [0.5, 0.6) is 0 Å². The van der Waals surface area contributed by atoms with E-state index in [0.29, 0.717) is 24.4 Å². The van der Waals surface area contributed by atoms with Gasteiger partial charge >= 0.3 is 11.9 Å². The van der Waals surface area contributed by atoms with Crippen molar-refractivity contribution in [2.75, 3.05) is 20.1 Å². The molecule has 0 saturated carbocycles.